The van der Waals surface area contributed by atoms with E-state index in [1.807, 2.05) is 30.1 Å². The van der Waals surface area contributed by atoms with Gasteiger partial charge in [-0.25, -0.2) is 9.37 Å². The Morgan fingerprint density at radius 2 is 2.07 bits per heavy atom. The number of carbonyl (C=O) groups is 1. The van der Waals surface area contributed by atoms with E-state index >= 15 is 0 Å². The lowest BCUT2D eigenvalue weighted by Crippen LogP contribution is -2.28. The number of ether oxygens (including phenoxy) is 1. The molecular weight excluding hydrogens is 519 g/mol. The molecule has 8 nitrogen and oxygen atoms in total. The topological polar surface area (TPSA) is 82.1 Å². The number of amidine groups is 1. The molecule has 0 bridgehead atoms. The Bertz CT molecular complexity index is 1380. The SMILES string of the molecule is CCC1CCN(Cc2nc(Nc3ccc(C4CN=C5C=C(F)C=CN54)c(CNC)c3C=O)ccc2C2CCOC2)C1. The summed E-state index contributed by atoms with van der Waals surface area (Å²) in [7, 11) is 1.87. The lowest BCUT2D eigenvalue weighted by Gasteiger charge is -2.28. The summed E-state index contributed by atoms with van der Waals surface area (Å²) in [5.74, 6) is 2.15. The highest BCUT2D eigenvalue weighted by molar-refractivity contribution is 5.97. The minimum absolute atomic E-state index is 0.105. The van der Waals surface area contributed by atoms with Crippen LogP contribution in [-0.4, -0.2) is 66.8 Å². The van der Waals surface area contributed by atoms with Gasteiger partial charge >= 0.3 is 0 Å². The maximum atomic E-state index is 13.8. The number of rotatable bonds is 10. The first-order valence-electron chi connectivity index (χ1n) is 14.8. The molecule has 1 aromatic carbocycles. The van der Waals surface area contributed by atoms with Gasteiger partial charge < -0.3 is 20.3 Å². The Morgan fingerprint density at radius 1 is 1.20 bits per heavy atom. The summed E-state index contributed by atoms with van der Waals surface area (Å²) < 4.78 is 19.5. The summed E-state index contributed by atoms with van der Waals surface area (Å²) >= 11 is 0. The molecular formula is C32H39FN6O2. The van der Waals surface area contributed by atoms with Crippen molar-refractivity contribution in [3.8, 4) is 0 Å². The monoisotopic (exact) mass is 558 g/mol. The fraction of sp³-hybridized carbons (Fsp3) is 0.469. The maximum absolute atomic E-state index is 13.8. The van der Waals surface area contributed by atoms with Crippen molar-refractivity contribution in [3.05, 3.63) is 76.4 Å². The van der Waals surface area contributed by atoms with E-state index in [-0.39, 0.29) is 11.9 Å². The molecule has 2 aromatic rings. The summed E-state index contributed by atoms with van der Waals surface area (Å²) in [6, 6.07) is 8.10. The van der Waals surface area contributed by atoms with Crippen molar-refractivity contribution >= 4 is 23.6 Å². The van der Waals surface area contributed by atoms with E-state index in [4.69, 9.17) is 9.72 Å². The molecule has 0 saturated carbocycles. The second kappa shape index (κ2) is 12.2. The number of nitrogens with one attached hydrogen (secondary N) is 2. The lowest BCUT2D eigenvalue weighted by atomic mass is 9.93. The number of hydrogen-bond donors (Lipinski definition) is 2. The predicted octanol–water partition coefficient (Wildman–Crippen LogP) is 5.23. The van der Waals surface area contributed by atoms with Crippen molar-refractivity contribution in [1.29, 1.82) is 0 Å². The molecule has 0 radical (unpaired) electrons. The number of aldehydes is 1. The molecule has 41 heavy (non-hydrogen) atoms. The molecule has 0 spiro atoms. The minimum atomic E-state index is -0.308. The molecule has 3 atom stereocenters. The van der Waals surface area contributed by atoms with E-state index in [2.05, 4.69) is 33.5 Å². The van der Waals surface area contributed by atoms with E-state index in [1.54, 1.807) is 6.20 Å². The molecule has 1 aromatic heterocycles. The average Bonchev–Trinajstić information content (AvgIpc) is 3.75. The van der Waals surface area contributed by atoms with Crippen LogP contribution in [0.15, 0.2) is 53.4 Å². The molecule has 6 rings (SSSR count). The normalized spacial score (nSPS) is 24.0. The number of likely N-dealkylation sites (tertiary alicyclic amines) is 1. The van der Waals surface area contributed by atoms with Gasteiger partial charge in [0.25, 0.3) is 0 Å². The molecule has 2 saturated heterocycles. The molecule has 4 aliphatic heterocycles. The molecule has 3 unspecified atom stereocenters. The highest BCUT2D eigenvalue weighted by Crippen LogP contribution is 2.36. The number of aliphatic imine (C=N–C) groups is 1. The van der Waals surface area contributed by atoms with Crippen LogP contribution in [0.4, 0.5) is 15.9 Å². The second-order valence-electron chi connectivity index (χ2n) is 11.4. The zero-order valence-electron chi connectivity index (χ0n) is 23.9. The molecule has 2 N–H and O–H groups in total. The average molecular weight is 559 g/mol. The van der Waals surface area contributed by atoms with Crippen LogP contribution >= 0.6 is 0 Å². The van der Waals surface area contributed by atoms with Gasteiger partial charge in [-0.15, -0.1) is 0 Å². The Labute approximate surface area is 241 Å². The van der Waals surface area contributed by atoms with Crippen molar-refractivity contribution in [1.82, 2.24) is 20.1 Å². The standard InChI is InChI=1S/C32H39FN6O2/c1-3-21-8-11-38(17-21)18-29-24(22-10-13-41-20-22)5-7-31(37-29)36-28-6-4-25(26(15-34-2)27(28)19-40)30-16-35-32-14-23(33)9-12-39(30)32/h4-7,9,12,14,19,21-22,30,34H,3,8,10-11,13,15-18,20H2,1-2H3,(H,36,37). The number of allylic oxidation sites excluding steroid dienone is 2. The molecule has 5 heterocycles. The Morgan fingerprint density at radius 3 is 2.83 bits per heavy atom. The number of fused-ring (bicyclic) bond motifs is 1. The first kappa shape index (κ1) is 27.8. The molecule has 0 amide bonds. The van der Waals surface area contributed by atoms with E-state index in [1.165, 1.54) is 30.6 Å². The highest BCUT2D eigenvalue weighted by atomic mass is 19.1. The summed E-state index contributed by atoms with van der Waals surface area (Å²) in [6.45, 7) is 7.86. The van der Waals surface area contributed by atoms with Gasteiger partial charge in [0.05, 0.1) is 30.6 Å². The number of hydrogen-bond acceptors (Lipinski definition) is 8. The summed E-state index contributed by atoms with van der Waals surface area (Å²) in [4.78, 5) is 26.7. The second-order valence-corrected chi connectivity index (χ2v) is 11.4. The van der Waals surface area contributed by atoms with E-state index in [9.17, 15) is 9.18 Å². The maximum Gasteiger partial charge on any atom is 0.152 e. The third-order valence-electron chi connectivity index (χ3n) is 8.87. The molecule has 4 aliphatic rings. The van der Waals surface area contributed by atoms with Crippen LogP contribution < -0.4 is 10.6 Å². The molecule has 216 valence electrons. The van der Waals surface area contributed by atoms with Gasteiger partial charge in [0.15, 0.2) is 6.29 Å². The molecule has 9 heteroatoms. The third kappa shape index (κ3) is 5.71. The number of anilines is 2. The van der Waals surface area contributed by atoms with Crippen LogP contribution in [0.25, 0.3) is 0 Å². The zero-order valence-corrected chi connectivity index (χ0v) is 23.9. The van der Waals surface area contributed by atoms with Crippen molar-refractivity contribution in [2.24, 2.45) is 10.9 Å². The Hall–Kier alpha value is -3.40. The van der Waals surface area contributed by atoms with Gasteiger partial charge in [-0.3, -0.25) is 14.7 Å². The zero-order chi connectivity index (χ0) is 28.3. The summed E-state index contributed by atoms with van der Waals surface area (Å²) in [5.41, 5.74) is 5.57. The van der Waals surface area contributed by atoms with Crippen LogP contribution in [0.5, 0.6) is 0 Å². The van der Waals surface area contributed by atoms with Gasteiger partial charge in [0.1, 0.15) is 17.5 Å². The lowest BCUT2D eigenvalue weighted by molar-refractivity contribution is 0.112. The number of carbonyl (C=O) groups excluding carboxylic acids is 1. The third-order valence-corrected chi connectivity index (χ3v) is 8.87. The first-order valence-corrected chi connectivity index (χ1v) is 14.8. The van der Waals surface area contributed by atoms with E-state index < -0.39 is 0 Å². The van der Waals surface area contributed by atoms with Gasteiger partial charge in [0.2, 0.25) is 0 Å². The Kier molecular flexibility index (Phi) is 8.27. The number of benzene rings is 1. The van der Waals surface area contributed by atoms with Gasteiger partial charge in [-0.1, -0.05) is 25.5 Å². The highest BCUT2D eigenvalue weighted by Gasteiger charge is 2.31. The van der Waals surface area contributed by atoms with Crippen molar-refractivity contribution in [2.45, 2.75) is 51.2 Å². The number of nitrogens with zero attached hydrogens (tertiary/aromatic N) is 4. The largest absolute Gasteiger partial charge is 0.381 e. The van der Waals surface area contributed by atoms with Gasteiger partial charge in [-0.2, -0.15) is 0 Å². The van der Waals surface area contributed by atoms with Crippen LogP contribution in [0.3, 0.4) is 0 Å². The molecule has 0 aliphatic carbocycles. The van der Waals surface area contributed by atoms with Crippen molar-refractivity contribution in [3.63, 3.8) is 0 Å². The van der Waals surface area contributed by atoms with Crippen LogP contribution in [0.2, 0.25) is 0 Å². The smallest absolute Gasteiger partial charge is 0.152 e. The quantitative estimate of drug-likeness (QED) is 0.387. The summed E-state index contributed by atoms with van der Waals surface area (Å²) in [6.07, 6.45) is 9.01. The van der Waals surface area contributed by atoms with Crippen LogP contribution in [0, 0.1) is 5.92 Å². The van der Waals surface area contributed by atoms with Gasteiger partial charge in [-0.05, 0) is 67.3 Å². The van der Waals surface area contributed by atoms with Crippen LogP contribution in [-0.2, 0) is 17.8 Å². The number of halogens is 1. The fourth-order valence-corrected chi connectivity index (χ4v) is 6.59. The van der Waals surface area contributed by atoms with Crippen molar-refractivity contribution in [2.75, 3.05) is 45.2 Å². The van der Waals surface area contributed by atoms with E-state index in [0.717, 1.165) is 79.8 Å². The van der Waals surface area contributed by atoms with Crippen molar-refractivity contribution < 1.29 is 13.9 Å². The number of aromatic nitrogens is 1. The van der Waals surface area contributed by atoms with Crippen LogP contribution in [0.1, 0.15) is 70.9 Å². The molecule has 2 fully saturated rings. The first-order chi connectivity index (χ1) is 20.1. The minimum Gasteiger partial charge on any atom is -0.381 e. The van der Waals surface area contributed by atoms with Gasteiger partial charge in [0, 0.05) is 50.0 Å². The predicted molar refractivity (Wildman–Crippen MR) is 159 cm³/mol. The summed E-state index contributed by atoms with van der Waals surface area (Å²) in [5, 5.41) is 6.69. The fourth-order valence-electron chi connectivity index (χ4n) is 6.59. The van der Waals surface area contributed by atoms with E-state index in [0.29, 0.717) is 30.4 Å². The number of pyridine rings is 1. The Balaban J connectivity index is 1.30.